The largest absolute Gasteiger partial charge is 0.479 e. The van der Waals surface area contributed by atoms with Crippen LogP contribution in [0, 0.1) is 0 Å². The van der Waals surface area contributed by atoms with Crippen molar-refractivity contribution in [3.8, 4) is 0 Å². The fourth-order valence-corrected chi connectivity index (χ4v) is 3.03. The summed E-state index contributed by atoms with van der Waals surface area (Å²) in [5.41, 5.74) is 0. The molecule has 0 radical (unpaired) electrons. The molecule has 1 rings (SSSR count). The van der Waals surface area contributed by atoms with Gasteiger partial charge in [-0.05, 0) is 6.92 Å². The molecule has 0 amide bonds. The molecule has 118 valence electrons. The fourth-order valence-electron chi connectivity index (χ4n) is 1.93. The molecule has 9 heteroatoms. The SMILES string of the molecule is CC(OS(=O)(=O)CCN1CCN(CCO)CC1)C(=O)O. The summed E-state index contributed by atoms with van der Waals surface area (Å²) in [5, 5.41) is 17.4. The van der Waals surface area contributed by atoms with Crippen molar-refractivity contribution in [3.05, 3.63) is 0 Å². The standard InChI is InChI=1S/C11H22N2O6S/c1-10(11(15)16)19-20(17,18)9-7-13-4-2-12(3-5-13)6-8-14/h10,14H,2-9H2,1H3,(H,15,16). The van der Waals surface area contributed by atoms with Gasteiger partial charge in [-0.3, -0.25) is 14.0 Å². The van der Waals surface area contributed by atoms with Crippen LogP contribution in [0.4, 0.5) is 0 Å². The molecule has 0 saturated carbocycles. The maximum atomic E-state index is 11.6. The smallest absolute Gasteiger partial charge is 0.334 e. The molecule has 1 saturated heterocycles. The van der Waals surface area contributed by atoms with Gasteiger partial charge in [0.2, 0.25) is 0 Å². The van der Waals surface area contributed by atoms with E-state index in [2.05, 4.69) is 9.08 Å². The normalized spacial score (nSPS) is 19.9. The zero-order valence-corrected chi connectivity index (χ0v) is 12.4. The van der Waals surface area contributed by atoms with Crippen molar-refractivity contribution in [2.75, 3.05) is 51.6 Å². The first-order valence-corrected chi connectivity index (χ1v) is 8.11. The van der Waals surface area contributed by atoms with E-state index in [1.54, 1.807) is 0 Å². The van der Waals surface area contributed by atoms with Gasteiger partial charge in [0, 0.05) is 39.3 Å². The number of hydrogen-bond acceptors (Lipinski definition) is 7. The molecule has 1 unspecified atom stereocenters. The van der Waals surface area contributed by atoms with Crippen LogP contribution in [-0.2, 0) is 19.1 Å². The monoisotopic (exact) mass is 310 g/mol. The van der Waals surface area contributed by atoms with Crippen molar-refractivity contribution in [2.45, 2.75) is 13.0 Å². The lowest BCUT2D eigenvalue weighted by Crippen LogP contribution is -2.48. The van der Waals surface area contributed by atoms with Gasteiger partial charge in [0.15, 0.2) is 6.10 Å². The molecule has 1 aliphatic heterocycles. The number of aliphatic hydroxyl groups is 1. The molecule has 0 aliphatic carbocycles. The van der Waals surface area contributed by atoms with E-state index in [1.165, 1.54) is 6.92 Å². The van der Waals surface area contributed by atoms with E-state index in [0.29, 0.717) is 13.1 Å². The number of hydrogen-bond donors (Lipinski definition) is 2. The zero-order valence-electron chi connectivity index (χ0n) is 11.6. The summed E-state index contributed by atoms with van der Waals surface area (Å²) in [6, 6.07) is 0. The minimum absolute atomic E-state index is 0.120. The van der Waals surface area contributed by atoms with Crippen molar-refractivity contribution in [1.82, 2.24) is 9.80 Å². The van der Waals surface area contributed by atoms with Gasteiger partial charge in [-0.15, -0.1) is 0 Å². The van der Waals surface area contributed by atoms with Gasteiger partial charge in [-0.1, -0.05) is 0 Å². The third-order valence-corrected chi connectivity index (χ3v) is 4.44. The van der Waals surface area contributed by atoms with Crippen molar-refractivity contribution in [1.29, 1.82) is 0 Å². The zero-order chi connectivity index (χ0) is 15.2. The first-order valence-electron chi connectivity index (χ1n) is 6.53. The fraction of sp³-hybridized carbons (Fsp3) is 0.909. The summed E-state index contributed by atoms with van der Waals surface area (Å²) in [5.74, 6) is -1.52. The molecular weight excluding hydrogens is 288 g/mol. The number of piperazine rings is 1. The van der Waals surface area contributed by atoms with Gasteiger partial charge >= 0.3 is 5.97 Å². The molecule has 1 fully saturated rings. The highest BCUT2D eigenvalue weighted by molar-refractivity contribution is 7.86. The number of nitrogens with zero attached hydrogens (tertiary/aromatic N) is 2. The van der Waals surface area contributed by atoms with Crippen LogP contribution in [0.2, 0.25) is 0 Å². The molecule has 1 atom stereocenters. The Balaban J connectivity index is 2.31. The minimum Gasteiger partial charge on any atom is -0.479 e. The van der Waals surface area contributed by atoms with E-state index in [0.717, 1.165) is 26.2 Å². The average Bonchev–Trinajstić information content (AvgIpc) is 2.38. The van der Waals surface area contributed by atoms with Gasteiger partial charge in [-0.25, -0.2) is 4.79 Å². The lowest BCUT2D eigenvalue weighted by Gasteiger charge is -2.34. The molecule has 2 N–H and O–H groups in total. The highest BCUT2D eigenvalue weighted by atomic mass is 32.2. The van der Waals surface area contributed by atoms with Crippen LogP contribution in [0.5, 0.6) is 0 Å². The van der Waals surface area contributed by atoms with Crippen molar-refractivity contribution in [2.24, 2.45) is 0 Å². The number of carbonyl (C=O) groups is 1. The average molecular weight is 310 g/mol. The molecule has 0 spiro atoms. The van der Waals surface area contributed by atoms with E-state index in [1.807, 2.05) is 4.90 Å². The topological polar surface area (TPSA) is 107 Å². The van der Waals surface area contributed by atoms with Gasteiger partial charge in [0.05, 0.1) is 12.4 Å². The van der Waals surface area contributed by atoms with Gasteiger partial charge in [0.1, 0.15) is 0 Å². The molecule has 1 heterocycles. The Morgan fingerprint density at radius 2 is 1.70 bits per heavy atom. The second-order valence-electron chi connectivity index (χ2n) is 4.75. The Morgan fingerprint density at radius 3 is 2.15 bits per heavy atom. The van der Waals surface area contributed by atoms with Crippen LogP contribution in [0.25, 0.3) is 0 Å². The highest BCUT2D eigenvalue weighted by Crippen LogP contribution is 2.05. The van der Waals surface area contributed by atoms with Crippen molar-refractivity contribution in [3.63, 3.8) is 0 Å². The van der Waals surface area contributed by atoms with E-state index in [-0.39, 0.29) is 12.4 Å². The summed E-state index contributed by atoms with van der Waals surface area (Å²) in [6.07, 6.45) is -1.36. The Kier molecular flexibility index (Phi) is 6.83. The van der Waals surface area contributed by atoms with Crippen LogP contribution in [0.1, 0.15) is 6.92 Å². The molecule has 0 bridgehead atoms. The number of carboxylic acid groups (broad SMARTS) is 1. The maximum absolute atomic E-state index is 11.6. The quantitative estimate of drug-likeness (QED) is 0.517. The van der Waals surface area contributed by atoms with Crippen molar-refractivity contribution < 1.29 is 27.6 Å². The van der Waals surface area contributed by atoms with Gasteiger partial charge in [-0.2, -0.15) is 8.42 Å². The van der Waals surface area contributed by atoms with Crippen molar-refractivity contribution >= 4 is 16.1 Å². The van der Waals surface area contributed by atoms with E-state index in [4.69, 9.17) is 10.2 Å². The van der Waals surface area contributed by atoms with Crippen LogP contribution < -0.4 is 0 Å². The summed E-state index contributed by atoms with van der Waals surface area (Å²) in [4.78, 5) is 14.6. The first-order chi connectivity index (χ1) is 9.34. The van der Waals surface area contributed by atoms with Crippen LogP contribution in [0.15, 0.2) is 0 Å². The van der Waals surface area contributed by atoms with E-state index in [9.17, 15) is 13.2 Å². The molecule has 8 nitrogen and oxygen atoms in total. The second-order valence-corrected chi connectivity index (χ2v) is 6.46. The lowest BCUT2D eigenvalue weighted by atomic mass is 10.3. The Hall–Kier alpha value is -0.740. The minimum atomic E-state index is -3.83. The second kappa shape index (κ2) is 7.89. The predicted octanol–water partition coefficient (Wildman–Crippen LogP) is -1.58. The molecule has 1 aliphatic rings. The number of aliphatic hydroxyl groups excluding tert-OH is 1. The highest BCUT2D eigenvalue weighted by Gasteiger charge is 2.23. The number of rotatable bonds is 8. The predicted molar refractivity (Wildman–Crippen MR) is 71.9 cm³/mol. The molecule has 20 heavy (non-hydrogen) atoms. The molecule has 0 aromatic rings. The lowest BCUT2D eigenvalue weighted by molar-refractivity contribution is -0.144. The Bertz CT molecular complexity index is 405. The molecular formula is C11H22N2O6S. The Morgan fingerprint density at radius 1 is 1.20 bits per heavy atom. The summed E-state index contributed by atoms with van der Waals surface area (Å²) < 4.78 is 27.8. The first kappa shape index (κ1) is 17.3. The van der Waals surface area contributed by atoms with E-state index >= 15 is 0 Å². The molecule has 0 aromatic heterocycles. The number of carboxylic acids is 1. The number of aliphatic carboxylic acids is 1. The van der Waals surface area contributed by atoms with Crippen LogP contribution in [-0.4, -0.2) is 92.1 Å². The van der Waals surface area contributed by atoms with E-state index < -0.39 is 22.2 Å². The molecule has 0 aromatic carbocycles. The Labute approximate surface area is 119 Å². The third kappa shape index (κ3) is 6.14. The summed E-state index contributed by atoms with van der Waals surface area (Å²) in [7, 11) is -3.83. The summed E-state index contributed by atoms with van der Waals surface area (Å²) >= 11 is 0. The van der Waals surface area contributed by atoms with Crippen LogP contribution in [0.3, 0.4) is 0 Å². The van der Waals surface area contributed by atoms with Crippen LogP contribution >= 0.6 is 0 Å². The number of β-amino-alcohol motifs (C(OH)–C–C–N with tert-alkyl or cyclic N) is 1. The third-order valence-electron chi connectivity index (χ3n) is 3.18. The summed E-state index contributed by atoms with van der Waals surface area (Å²) in [6.45, 7) is 5.28. The maximum Gasteiger partial charge on any atom is 0.334 e. The van der Waals surface area contributed by atoms with Gasteiger partial charge in [0.25, 0.3) is 10.1 Å². The van der Waals surface area contributed by atoms with Gasteiger partial charge < -0.3 is 10.2 Å².